The lowest BCUT2D eigenvalue weighted by Crippen LogP contribution is -2.34. The smallest absolute Gasteiger partial charge is 0.0659 e. The Hall–Kier alpha value is -1.61. The van der Waals surface area contributed by atoms with Gasteiger partial charge in [-0.15, -0.1) is 0 Å². The number of hydrogen-bond donors (Lipinski definition) is 1. The molecule has 1 aliphatic rings. The van der Waals surface area contributed by atoms with E-state index in [0.717, 1.165) is 12.5 Å². The Balaban J connectivity index is 1.56. The molecular formula is C19H27N3. The van der Waals surface area contributed by atoms with Crippen molar-refractivity contribution < 1.29 is 0 Å². The fourth-order valence-corrected chi connectivity index (χ4v) is 3.34. The van der Waals surface area contributed by atoms with Crippen molar-refractivity contribution in [1.82, 2.24) is 15.1 Å². The van der Waals surface area contributed by atoms with Gasteiger partial charge in [0, 0.05) is 23.8 Å². The molecule has 22 heavy (non-hydrogen) atoms. The summed E-state index contributed by atoms with van der Waals surface area (Å²) in [4.78, 5) is 0. The van der Waals surface area contributed by atoms with Crippen molar-refractivity contribution in [2.45, 2.75) is 58.2 Å². The van der Waals surface area contributed by atoms with Gasteiger partial charge in [0.05, 0.1) is 12.7 Å². The lowest BCUT2D eigenvalue weighted by Gasteiger charge is -2.29. The molecule has 3 nitrogen and oxygen atoms in total. The largest absolute Gasteiger partial charge is 0.307 e. The summed E-state index contributed by atoms with van der Waals surface area (Å²) in [7, 11) is 0. The molecule has 0 saturated heterocycles. The Kier molecular flexibility index (Phi) is 4.94. The fraction of sp³-hybridized carbons (Fsp3) is 0.526. The second kappa shape index (κ2) is 7.10. The molecule has 0 radical (unpaired) electrons. The van der Waals surface area contributed by atoms with Gasteiger partial charge in [0.15, 0.2) is 0 Å². The molecule has 0 aliphatic heterocycles. The topological polar surface area (TPSA) is 29.9 Å². The summed E-state index contributed by atoms with van der Waals surface area (Å²) in [5.41, 5.74) is 2.58. The molecule has 1 aromatic heterocycles. The van der Waals surface area contributed by atoms with Crippen LogP contribution in [0.15, 0.2) is 42.7 Å². The summed E-state index contributed by atoms with van der Waals surface area (Å²) in [5.74, 6) is 0.905. The standard InChI is InChI=1S/C19H27N3/c1-15-8-10-19(11-9-15)21-16(2)18-12-20-22(14-18)13-17-6-4-3-5-7-17/h3-7,12,14-16,19,21H,8-11,13H2,1-2H3. The lowest BCUT2D eigenvalue weighted by molar-refractivity contribution is 0.291. The van der Waals surface area contributed by atoms with E-state index in [-0.39, 0.29) is 0 Å². The van der Waals surface area contributed by atoms with Gasteiger partial charge in [-0.1, -0.05) is 37.3 Å². The van der Waals surface area contributed by atoms with Gasteiger partial charge in [-0.3, -0.25) is 4.68 Å². The maximum Gasteiger partial charge on any atom is 0.0659 e. The quantitative estimate of drug-likeness (QED) is 0.898. The van der Waals surface area contributed by atoms with Crippen molar-refractivity contribution in [2.24, 2.45) is 5.92 Å². The first-order valence-corrected chi connectivity index (χ1v) is 8.53. The molecule has 2 aromatic rings. The molecule has 1 saturated carbocycles. The molecule has 1 heterocycles. The van der Waals surface area contributed by atoms with Crippen LogP contribution in [0.4, 0.5) is 0 Å². The van der Waals surface area contributed by atoms with E-state index in [1.54, 1.807) is 0 Å². The van der Waals surface area contributed by atoms with E-state index in [1.165, 1.54) is 36.8 Å². The Labute approximate surface area is 133 Å². The third-order valence-electron chi connectivity index (χ3n) is 4.84. The second-order valence-electron chi connectivity index (χ2n) is 6.80. The summed E-state index contributed by atoms with van der Waals surface area (Å²) in [6, 6.07) is 11.5. The first-order valence-electron chi connectivity index (χ1n) is 8.53. The molecule has 118 valence electrons. The van der Waals surface area contributed by atoms with E-state index < -0.39 is 0 Å². The van der Waals surface area contributed by atoms with Gasteiger partial charge >= 0.3 is 0 Å². The Bertz CT molecular complexity index is 567. The molecule has 0 amide bonds. The number of nitrogens with zero attached hydrogens (tertiary/aromatic N) is 2. The molecule has 1 N–H and O–H groups in total. The number of rotatable bonds is 5. The highest BCUT2D eigenvalue weighted by Crippen LogP contribution is 2.25. The van der Waals surface area contributed by atoms with Crippen LogP contribution in [0.5, 0.6) is 0 Å². The van der Waals surface area contributed by atoms with Crippen molar-refractivity contribution >= 4 is 0 Å². The van der Waals surface area contributed by atoms with Crippen LogP contribution < -0.4 is 5.32 Å². The minimum atomic E-state index is 0.378. The third kappa shape index (κ3) is 3.98. The maximum absolute atomic E-state index is 4.51. The Morgan fingerprint density at radius 1 is 1.18 bits per heavy atom. The number of aromatic nitrogens is 2. The first kappa shape index (κ1) is 15.3. The monoisotopic (exact) mass is 297 g/mol. The van der Waals surface area contributed by atoms with E-state index in [4.69, 9.17) is 0 Å². The molecule has 3 heteroatoms. The van der Waals surface area contributed by atoms with Crippen LogP contribution in [0.1, 0.15) is 56.7 Å². The first-order chi connectivity index (χ1) is 10.7. The van der Waals surface area contributed by atoms with Gasteiger partial charge in [-0.2, -0.15) is 5.10 Å². The minimum absolute atomic E-state index is 0.378. The minimum Gasteiger partial charge on any atom is -0.307 e. The van der Waals surface area contributed by atoms with Gasteiger partial charge in [-0.05, 0) is 44.1 Å². The van der Waals surface area contributed by atoms with Crippen LogP contribution in [0.25, 0.3) is 0 Å². The van der Waals surface area contributed by atoms with E-state index in [9.17, 15) is 0 Å². The van der Waals surface area contributed by atoms with E-state index >= 15 is 0 Å². The lowest BCUT2D eigenvalue weighted by atomic mass is 9.87. The molecule has 1 atom stereocenters. The highest BCUT2D eigenvalue weighted by molar-refractivity contribution is 5.16. The predicted octanol–water partition coefficient (Wildman–Crippen LogP) is 4.16. The summed E-state index contributed by atoms with van der Waals surface area (Å²) in [6.07, 6.45) is 9.52. The van der Waals surface area contributed by atoms with E-state index in [0.29, 0.717) is 12.1 Å². The average Bonchev–Trinajstić information content (AvgIpc) is 2.99. The number of nitrogens with one attached hydrogen (secondary N) is 1. The van der Waals surface area contributed by atoms with Crippen molar-refractivity contribution in [2.75, 3.05) is 0 Å². The van der Waals surface area contributed by atoms with Crippen LogP contribution in [0.2, 0.25) is 0 Å². The summed E-state index contributed by atoms with van der Waals surface area (Å²) >= 11 is 0. The van der Waals surface area contributed by atoms with Gasteiger partial charge in [0.2, 0.25) is 0 Å². The second-order valence-corrected chi connectivity index (χ2v) is 6.80. The highest BCUT2D eigenvalue weighted by atomic mass is 15.3. The van der Waals surface area contributed by atoms with Crippen molar-refractivity contribution in [3.05, 3.63) is 53.9 Å². The van der Waals surface area contributed by atoms with Crippen molar-refractivity contribution in [3.8, 4) is 0 Å². The summed E-state index contributed by atoms with van der Waals surface area (Å²) < 4.78 is 2.03. The predicted molar refractivity (Wildman–Crippen MR) is 90.7 cm³/mol. The summed E-state index contributed by atoms with van der Waals surface area (Å²) in [6.45, 7) is 5.46. The molecular weight excluding hydrogens is 270 g/mol. The van der Waals surface area contributed by atoms with Crippen molar-refractivity contribution in [3.63, 3.8) is 0 Å². The molecule has 3 rings (SSSR count). The van der Waals surface area contributed by atoms with Gasteiger partial charge in [0.25, 0.3) is 0 Å². The maximum atomic E-state index is 4.51. The van der Waals surface area contributed by atoms with Gasteiger partial charge < -0.3 is 5.32 Å². The third-order valence-corrected chi connectivity index (χ3v) is 4.84. The van der Waals surface area contributed by atoms with E-state index in [1.807, 2.05) is 10.9 Å². The Morgan fingerprint density at radius 3 is 2.64 bits per heavy atom. The van der Waals surface area contributed by atoms with Crippen molar-refractivity contribution in [1.29, 1.82) is 0 Å². The summed E-state index contributed by atoms with van der Waals surface area (Å²) in [5, 5.41) is 8.29. The van der Waals surface area contributed by atoms with Gasteiger partial charge in [0.1, 0.15) is 0 Å². The molecule has 1 aromatic carbocycles. The average molecular weight is 297 g/mol. The molecule has 0 bridgehead atoms. The number of hydrogen-bond acceptors (Lipinski definition) is 2. The van der Waals surface area contributed by atoms with E-state index in [2.05, 4.69) is 60.8 Å². The zero-order valence-corrected chi connectivity index (χ0v) is 13.7. The van der Waals surface area contributed by atoms with Crippen LogP contribution >= 0.6 is 0 Å². The van der Waals surface area contributed by atoms with Crippen LogP contribution in [0.3, 0.4) is 0 Å². The molecule has 1 fully saturated rings. The van der Waals surface area contributed by atoms with Gasteiger partial charge in [-0.25, -0.2) is 0 Å². The molecule has 0 spiro atoms. The zero-order chi connectivity index (χ0) is 15.4. The van der Waals surface area contributed by atoms with Crippen LogP contribution in [0, 0.1) is 5.92 Å². The zero-order valence-electron chi connectivity index (χ0n) is 13.7. The fourth-order valence-electron chi connectivity index (χ4n) is 3.34. The highest BCUT2D eigenvalue weighted by Gasteiger charge is 2.20. The normalized spacial score (nSPS) is 23.4. The van der Waals surface area contributed by atoms with Crippen LogP contribution in [-0.2, 0) is 6.54 Å². The molecule has 1 unspecified atom stereocenters. The molecule has 1 aliphatic carbocycles. The van der Waals surface area contributed by atoms with Crippen LogP contribution in [-0.4, -0.2) is 15.8 Å². The SMILES string of the molecule is CC1CCC(NC(C)c2cnn(Cc3ccccc3)c2)CC1. The number of benzene rings is 1. The Morgan fingerprint density at radius 2 is 1.91 bits per heavy atom.